The van der Waals surface area contributed by atoms with Crippen molar-refractivity contribution in [3.63, 3.8) is 0 Å². The van der Waals surface area contributed by atoms with Crippen LogP contribution in [0.2, 0.25) is 0 Å². The predicted octanol–water partition coefficient (Wildman–Crippen LogP) is 6.63. The molecule has 152 valence electrons. The van der Waals surface area contributed by atoms with Crippen LogP contribution < -0.4 is 10.2 Å². The lowest BCUT2D eigenvalue weighted by atomic mass is 10.1. The van der Waals surface area contributed by atoms with Crippen LogP contribution in [0.5, 0.6) is 0 Å². The number of hydrogen-bond acceptors (Lipinski definition) is 6. The molecule has 0 saturated carbocycles. The number of thioether (sulfide) groups is 2. The van der Waals surface area contributed by atoms with Crippen molar-refractivity contribution in [2.75, 3.05) is 17.3 Å². The Morgan fingerprint density at radius 3 is 2.42 bits per heavy atom. The van der Waals surface area contributed by atoms with Crippen molar-refractivity contribution in [1.29, 1.82) is 10.5 Å². The molecular formula is C25H20N4S2. The van der Waals surface area contributed by atoms with E-state index in [9.17, 15) is 0 Å². The van der Waals surface area contributed by atoms with E-state index in [2.05, 4.69) is 60.6 Å². The van der Waals surface area contributed by atoms with Gasteiger partial charge in [0.1, 0.15) is 0 Å². The molecule has 0 saturated heterocycles. The molecule has 2 aromatic rings. The van der Waals surface area contributed by atoms with Crippen molar-refractivity contribution in [1.82, 2.24) is 0 Å². The van der Waals surface area contributed by atoms with Gasteiger partial charge in [-0.1, -0.05) is 35.7 Å². The number of hydrogen-bond donors (Lipinski definition) is 1. The van der Waals surface area contributed by atoms with Crippen LogP contribution in [-0.4, -0.2) is 12.4 Å². The Labute approximate surface area is 191 Å². The van der Waals surface area contributed by atoms with Gasteiger partial charge in [0.25, 0.3) is 0 Å². The fourth-order valence-electron chi connectivity index (χ4n) is 3.43. The molecule has 0 aromatic heterocycles. The molecule has 4 rings (SSSR count). The number of nitriles is 2. The molecule has 6 heteroatoms. The van der Waals surface area contributed by atoms with Crippen LogP contribution in [0.1, 0.15) is 18.1 Å². The molecule has 2 aliphatic heterocycles. The molecule has 31 heavy (non-hydrogen) atoms. The number of rotatable bonds is 4. The number of allylic oxidation sites excluding steroid dienone is 4. The van der Waals surface area contributed by atoms with E-state index in [1.165, 1.54) is 33.2 Å². The topological polar surface area (TPSA) is 62.9 Å². The van der Waals surface area contributed by atoms with E-state index >= 15 is 0 Å². The van der Waals surface area contributed by atoms with Gasteiger partial charge in [-0.15, -0.1) is 0 Å². The maximum atomic E-state index is 8.75. The summed E-state index contributed by atoms with van der Waals surface area (Å²) in [5.41, 5.74) is 5.48. The molecule has 0 radical (unpaired) electrons. The van der Waals surface area contributed by atoms with Gasteiger partial charge in [0.15, 0.2) is 0 Å². The van der Waals surface area contributed by atoms with Crippen LogP contribution in [0.25, 0.3) is 12.2 Å². The molecule has 2 aromatic carbocycles. The van der Waals surface area contributed by atoms with E-state index in [0.717, 1.165) is 21.8 Å². The summed E-state index contributed by atoms with van der Waals surface area (Å²) in [6.45, 7) is 2.12. The van der Waals surface area contributed by atoms with E-state index in [-0.39, 0.29) is 5.37 Å². The zero-order chi connectivity index (χ0) is 21.8. The highest BCUT2D eigenvalue weighted by Gasteiger charge is 2.26. The number of benzene rings is 2. The Balaban J connectivity index is 1.48. The summed E-state index contributed by atoms with van der Waals surface area (Å²) < 4.78 is 0. The smallest absolute Gasteiger partial charge is 0.0985 e. The fraction of sp³-hybridized carbons (Fsp3) is 0.120. The number of likely N-dealkylation sites (N-methyl/N-ethyl adjacent to an activating group) is 1. The van der Waals surface area contributed by atoms with Crippen LogP contribution in [0.15, 0.2) is 81.1 Å². The Morgan fingerprint density at radius 1 is 1.03 bits per heavy atom. The van der Waals surface area contributed by atoms with E-state index in [1.807, 2.05) is 48.2 Å². The fourth-order valence-corrected chi connectivity index (χ4v) is 5.72. The Morgan fingerprint density at radius 2 is 1.71 bits per heavy atom. The molecular weight excluding hydrogens is 420 g/mol. The summed E-state index contributed by atoms with van der Waals surface area (Å²) in [6, 6.07) is 16.5. The molecule has 0 aliphatic carbocycles. The van der Waals surface area contributed by atoms with Crippen molar-refractivity contribution >= 4 is 47.1 Å². The molecule has 0 amide bonds. The molecule has 2 heterocycles. The van der Waals surface area contributed by atoms with E-state index in [4.69, 9.17) is 10.5 Å². The van der Waals surface area contributed by atoms with E-state index in [0.29, 0.717) is 0 Å². The summed E-state index contributed by atoms with van der Waals surface area (Å²) in [5.74, 6) is 0. The number of nitrogens with zero attached hydrogens (tertiary/aromatic N) is 3. The molecule has 0 fully saturated rings. The third kappa shape index (κ3) is 4.72. The maximum Gasteiger partial charge on any atom is 0.0985 e. The first-order valence-corrected chi connectivity index (χ1v) is 11.4. The minimum atomic E-state index is 0.221. The van der Waals surface area contributed by atoms with Crippen molar-refractivity contribution in [2.45, 2.75) is 22.1 Å². The van der Waals surface area contributed by atoms with Gasteiger partial charge in [-0.05, 0) is 72.2 Å². The Kier molecular flexibility index (Phi) is 6.23. The molecule has 0 spiro atoms. The quantitative estimate of drug-likeness (QED) is 0.538. The number of fused-ring (bicyclic) bond motifs is 2. The van der Waals surface area contributed by atoms with Crippen LogP contribution in [0, 0.1) is 22.7 Å². The first-order chi connectivity index (χ1) is 15.1. The highest BCUT2D eigenvalue weighted by Crippen LogP contribution is 2.45. The summed E-state index contributed by atoms with van der Waals surface area (Å²) in [7, 11) is 2.10. The van der Waals surface area contributed by atoms with Gasteiger partial charge < -0.3 is 10.2 Å². The number of anilines is 2. The van der Waals surface area contributed by atoms with Crippen molar-refractivity contribution in [2.24, 2.45) is 0 Å². The largest absolute Gasteiger partial charge is 0.358 e. The van der Waals surface area contributed by atoms with Gasteiger partial charge in [0.2, 0.25) is 0 Å². The first kappa shape index (κ1) is 20.9. The SMILES string of the molecule is CC(=C/C1Sc2ccc(/C=C/C#N)cc2N1C)/C=C1\Nc2cc(/C=C/C#N)ccc2S1. The van der Waals surface area contributed by atoms with Crippen molar-refractivity contribution < 1.29 is 0 Å². The molecule has 4 nitrogen and oxygen atoms in total. The second-order valence-electron chi connectivity index (χ2n) is 7.17. The lowest BCUT2D eigenvalue weighted by Gasteiger charge is -2.19. The second-order valence-corrected chi connectivity index (χ2v) is 9.42. The third-order valence-electron chi connectivity index (χ3n) is 4.94. The molecule has 1 unspecified atom stereocenters. The van der Waals surface area contributed by atoms with Crippen molar-refractivity contribution in [3.05, 3.63) is 82.4 Å². The summed E-state index contributed by atoms with van der Waals surface area (Å²) in [5, 5.41) is 22.3. The zero-order valence-corrected chi connectivity index (χ0v) is 18.8. The van der Waals surface area contributed by atoms with Crippen LogP contribution >= 0.6 is 23.5 Å². The van der Waals surface area contributed by atoms with Gasteiger partial charge in [-0.3, -0.25) is 0 Å². The van der Waals surface area contributed by atoms with E-state index < -0.39 is 0 Å². The summed E-state index contributed by atoms with van der Waals surface area (Å²) in [6.07, 6.45) is 11.1. The van der Waals surface area contributed by atoms with Gasteiger partial charge >= 0.3 is 0 Å². The Bertz CT molecular complexity index is 1230. The maximum absolute atomic E-state index is 8.75. The van der Waals surface area contributed by atoms with Gasteiger partial charge in [0.05, 0.1) is 33.9 Å². The normalized spacial score (nSPS) is 18.8. The van der Waals surface area contributed by atoms with Crippen LogP contribution in [0.3, 0.4) is 0 Å². The lowest BCUT2D eigenvalue weighted by molar-refractivity contribution is 0.983. The third-order valence-corrected chi connectivity index (χ3v) is 7.25. The van der Waals surface area contributed by atoms with Crippen LogP contribution in [-0.2, 0) is 0 Å². The highest BCUT2D eigenvalue weighted by molar-refractivity contribution is 8.03. The van der Waals surface area contributed by atoms with Gasteiger partial charge in [-0.25, -0.2) is 0 Å². The molecule has 2 aliphatic rings. The second kappa shape index (κ2) is 9.22. The standard InChI is InChI=1S/C25H20N4S2/c1-17(13-24-28-20-15-18(5-3-11-26)7-9-22(20)30-24)14-25-29(2)21-16-19(6-4-12-27)8-10-23(21)31-25/h3-10,13-16,25,28H,1-2H3/b5-3+,6-4+,17-14-,24-13+. The zero-order valence-electron chi connectivity index (χ0n) is 17.2. The minimum absolute atomic E-state index is 0.221. The molecule has 0 bridgehead atoms. The van der Waals surface area contributed by atoms with Gasteiger partial charge in [0, 0.05) is 29.0 Å². The average Bonchev–Trinajstić information content (AvgIpc) is 3.30. The first-order valence-electron chi connectivity index (χ1n) is 9.72. The molecule has 1 N–H and O–H groups in total. The summed E-state index contributed by atoms with van der Waals surface area (Å²) >= 11 is 3.55. The van der Waals surface area contributed by atoms with Gasteiger partial charge in [-0.2, -0.15) is 10.5 Å². The predicted molar refractivity (Wildman–Crippen MR) is 132 cm³/mol. The Hall–Kier alpha value is -3.32. The molecule has 1 atom stereocenters. The number of nitrogens with one attached hydrogen (secondary N) is 1. The van der Waals surface area contributed by atoms with Crippen LogP contribution in [0.4, 0.5) is 11.4 Å². The minimum Gasteiger partial charge on any atom is -0.358 e. The lowest BCUT2D eigenvalue weighted by Crippen LogP contribution is -2.22. The monoisotopic (exact) mass is 440 g/mol. The van der Waals surface area contributed by atoms with E-state index in [1.54, 1.807) is 11.8 Å². The van der Waals surface area contributed by atoms with Crippen molar-refractivity contribution in [3.8, 4) is 12.1 Å². The average molecular weight is 441 g/mol. The highest BCUT2D eigenvalue weighted by atomic mass is 32.2. The summed E-state index contributed by atoms with van der Waals surface area (Å²) in [4.78, 5) is 4.70.